The van der Waals surface area contributed by atoms with Crippen LogP contribution < -0.4 is 5.32 Å². The molecule has 0 unspecified atom stereocenters. The van der Waals surface area contributed by atoms with Crippen LogP contribution in [0.2, 0.25) is 0 Å². The number of carbonyl (C=O) groups is 2. The van der Waals surface area contributed by atoms with Crippen LogP contribution in [0.4, 0.5) is 4.79 Å². The van der Waals surface area contributed by atoms with E-state index >= 15 is 0 Å². The summed E-state index contributed by atoms with van der Waals surface area (Å²) in [6.07, 6.45) is 2.31. The van der Waals surface area contributed by atoms with E-state index in [2.05, 4.69) is 5.32 Å². The Morgan fingerprint density at radius 1 is 1.05 bits per heavy atom. The smallest absolute Gasteiger partial charge is 0.317 e. The summed E-state index contributed by atoms with van der Waals surface area (Å²) in [6, 6.07) is 9.83. The van der Waals surface area contributed by atoms with Crippen LogP contribution in [0.15, 0.2) is 30.3 Å². The number of nitrogens with one attached hydrogen (secondary N) is 1. The van der Waals surface area contributed by atoms with Crippen LogP contribution >= 0.6 is 0 Å². The van der Waals surface area contributed by atoms with Crippen molar-refractivity contribution < 1.29 is 9.59 Å². The van der Waals surface area contributed by atoms with Crippen molar-refractivity contribution in [1.29, 1.82) is 0 Å². The van der Waals surface area contributed by atoms with Crippen molar-refractivity contribution in [2.75, 3.05) is 26.2 Å². The van der Waals surface area contributed by atoms with Gasteiger partial charge in [0.15, 0.2) is 0 Å². The minimum atomic E-state index is -0.0476. The Morgan fingerprint density at radius 2 is 1.73 bits per heavy atom. The number of benzene rings is 1. The maximum atomic E-state index is 12.2. The molecular formula is C17H25N3O2. The first-order valence-corrected chi connectivity index (χ1v) is 8.05. The van der Waals surface area contributed by atoms with Crippen molar-refractivity contribution in [3.05, 3.63) is 35.9 Å². The molecule has 1 aromatic rings. The summed E-state index contributed by atoms with van der Waals surface area (Å²) >= 11 is 0. The van der Waals surface area contributed by atoms with Gasteiger partial charge < -0.3 is 15.1 Å². The molecule has 1 aromatic carbocycles. The molecule has 5 nitrogen and oxygen atoms in total. The van der Waals surface area contributed by atoms with E-state index in [-0.39, 0.29) is 11.9 Å². The second-order valence-electron chi connectivity index (χ2n) is 5.62. The molecule has 1 aliphatic heterocycles. The average molecular weight is 303 g/mol. The Hall–Kier alpha value is -2.04. The lowest BCUT2D eigenvalue weighted by Gasteiger charge is -2.22. The number of carbonyl (C=O) groups excluding carboxylic acids is 2. The molecular weight excluding hydrogens is 278 g/mol. The molecule has 0 radical (unpaired) electrons. The lowest BCUT2D eigenvalue weighted by Crippen LogP contribution is -2.42. The summed E-state index contributed by atoms with van der Waals surface area (Å²) in [5, 5.41) is 2.95. The monoisotopic (exact) mass is 303 g/mol. The molecule has 0 spiro atoms. The fourth-order valence-electron chi connectivity index (χ4n) is 2.63. The zero-order valence-electron chi connectivity index (χ0n) is 13.3. The third-order valence-electron chi connectivity index (χ3n) is 3.89. The minimum absolute atomic E-state index is 0.0476. The standard InChI is InChI=1S/C17H25N3O2/c1-2-7-16(21)19-10-6-11-20(13-12-19)17(22)18-14-15-8-4-3-5-9-15/h3-5,8-9H,2,6-7,10-14H2,1H3,(H,18,22). The summed E-state index contributed by atoms with van der Waals surface area (Å²) in [7, 11) is 0. The molecule has 22 heavy (non-hydrogen) atoms. The lowest BCUT2D eigenvalue weighted by atomic mass is 10.2. The van der Waals surface area contributed by atoms with Crippen LogP contribution in [-0.2, 0) is 11.3 Å². The van der Waals surface area contributed by atoms with Crippen LogP contribution in [-0.4, -0.2) is 47.9 Å². The van der Waals surface area contributed by atoms with E-state index in [9.17, 15) is 9.59 Å². The van der Waals surface area contributed by atoms with Gasteiger partial charge in [-0.25, -0.2) is 4.79 Å². The maximum Gasteiger partial charge on any atom is 0.317 e. The summed E-state index contributed by atoms with van der Waals surface area (Å²) in [5.41, 5.74) is 1.09. The second kappa shape index (κ2) is 8.41. The van der Waals surface area contributed by atoms with Gasteiger partial charge in [0, 0.05) is 39.1 Å². The number of amides is 3. The third kappa shape index (κ3) is 4.76. The van der Waals surface area contributed by atoms with Gasteiger partial charge in [0.25, 0.3) is 0 Å². The van der Waals surface area contributed by atoms with Gasteiger partial charge in [0.1, 0.15) is 0 Å². The van der Waals surface area contributed by atoms with Gasteiger partial charge in [-0.05, 0) is 18.4 Å². The molecule has 1 saturated heterocycles. The second-order valence-corrected chi connectivity index (χ2v) is 5.62. The molecule has 1 fully saturated rings. The van der Waals surface area contributed by atoms with Crippen molar-refractivity contribution in [1.82, 2.24) is 15.1 Å². The first kappa shape index (κ1) is 16.3. The van der Waals surface area contributed by atoms with E-state index < -0.39 is 0 Å². The summed E-state index contributed by atoms with van der Waals surface area (Å²) in [6.45, 7) is 5.25. The Labute approximate surface area is 132 Å². The first-order valence-electron chi connectivity index (χ1n) is 8.05. The molecule has 0 aromatic heterocycles. The molecule has 0 aliphatic carbocycles. The van der Waals surface area contributed by atoms with Crippen molar-refractivity contribution >= 4 is 11.9 Å². The predicted octanol–water partition coefficient (Wildman–Crippen LogP) is 2.23. The number of urea groups is 1. The highest BCUT2D eigenvalue weighted by molar-refractivity contribution is 5.77. The van der Waals surface area contributed by atoms with E-state index in [4.69, 9.17) is 0 Å². The highest BCUT2D eigenvalue weighted by Gasteiger charge is 2.21. The topological polar surface area (TPSA) is 52.7 Å². The molecule has 2 rings (SSSR count). The Balaban J connectivity index is 1.80. The Kier molecular flexibility index (Phi) is 6.25. The highest BCUT2D eigenvalue weighted by atomic mass is 16.2. The van der Waals surface area contributed by atoms with E-state index in [1.54, 1.807) is 0 Å². The van der Waals surface area contributed by atoms with Gasteiger partial charge in [-0.15, -0.1) is 0 Å². The SMILES string of the molecule is CCCC(=O)N1CCCN(C(=O)NCc2ccccc2)CC1. The molecule has 1 heterocycles. The summed E-state index contributed by atoms with van der Waals surface area (Å²) < 4.78 is 0. The van der Waals surface area contributed by atoms with Crippen LogP contribution in [0.3, 0.4) is 0 Å². The number of hydrogen-bond acceptors (Lipinski definition) is 2. The Morgan fingerprint density at radius 3 is 2.45 bits per heavy atom. The average Bonchev–Trinajstić information content (AvgIpc) is 2.80. The third-order valence-corrected chi connectivity index (χ3v) is 3.89. The molecule has 0 saturated carbocycles. The van der Waals surface area contributed by atoms with E-state index in [0.717, 1.165) is 24.9 Å². The molecule has 1 aliphatic rings. The Bertz CT molecular complexity index is 490. The summed E-state index contributed by atoms with van der Waals surface area (Å²) in [5.74, 6) is 0.203. The fourth-order valence-corrected chi connectivity index (χ4v) is 2.63. The quantitative estimate of drug-likeness (QED) is 0.927. The molecule has 120 valence electrons. The summed E-state index contributed by atoms with van der Waals surface area (Å²) in [4.78, 5) is 27.9. The molecule has 0 atom stereocenters. The molecule has 1 N–H and O–H groups in total. The van der Waals surface area contributed by atoms with Gasteiger partial charge in [0.2, 0.25) is 5.91 Å². The normalized spacial score (nSPS) is 15.3. The van der Waals surface area contributed by atoms with Crippen molar-refractivity contribution in [2.24, 2.45) is 0 Å². The van der Waals surface area contributed by atoms with E-state index in [0.29, 0.717) is 32.6 Å². The first-order chi connectivity index (χ1) is 10.7. The lowest BCUT2D eigenvalue weighted by molar-refractivity contribution is -0.131. The zero-order chi connectivity index (χ0) is 15.8. The van der Waals surface area contributed by atoms with Gasteiger partial charge in [-0.2, -0.15) is 0 Å². The predicted molar refractivity (Wildman–Crippen MR) is 86.4 cm³/mol. The van der Waals surface area contributed by atoms with Gasteiger partial charge in [0.05, 0.1) is 0 Å². The van der Waals surface area contributed by atoms with Crippen LogP contribution in [0, 0.1) is 0 Å². The molecule has 5 heteroatoms. The fraction of sp³-hybridized carbons (Fsp3) is 0.529. The van der Waals surface area contributed by atoms with E-state index in [1.165, 1.54) is 0 Å². The highest BCUT2D eigenvalue weighted by Crippen LogP contribution is 2.07. The largest absolute Gasteiger partial charge is 0.341 e. The zero-order valence-corrected chi connectivity index (χ0v) is 13.3. The van der Waals surface area contributed by atoms with Crippen LogP contribution in [0.1, 0.15) is 31.7 Å². The molecule has 3 amide bonds. The number of hydrogen-bond donors (Lipinski definition) is 1. The maximum absolute atomic E-state index is 12.2. The minimum Gasteiger partial charge on any atom is -0.341 e. The van der Waals surface area contributed by atoms with E-state index in [1.807, 2.05) is 47.1 Å². The van der Waals surface area contributed by atoms with Crippen molar-refractivity contribution in [3.8, 4) is 0 Å². The van der Waals surface area contributed by atoms with Crippen LogP contribution in [0.5, 0.6) is 0 Å². The van der Waals surface area contributed by atoms with Gasteiger partial charge >= 0.3 is 6.03 Å². The van der Waals surface area contributed by atoms with Gasteiger partial charge in [-0.1, -0.05) is 37.3 Å². The number of nitrogens with zero attached hydrogens (tertiary/aromatic N) is 2. The van der Waals surface area contributed by atoms with Crippen molar-refractivity contribution in [2.45, 2.75) is 32.7 Å². The van der Waals surface area contributed by atoms with Gasteiger partial charge in [-0.3, -0.25) is 4.79 Å². The molecule has 0 bridgehead atoms. The number of rotatable bonds is 4. The van der Waals surface area contributed by atoms with Crippen molar-refractivity contribution in [3.63, 3.8) is 0 Å². The van der Waals surface area contributed by atoms with Crippen LogP contribution in [0.25, 0.3) is 0 Å².